The smallest absolute Gasteiger partial charge is 0.290 e. The van der Waals surface area contributed by atoms with E-state index in [4.69, 9.17) is 12.2 Å². The molecule has 1 heterocycles. The second-order valence-corrected chi connectivity index (χ2v) is 6.47. The van der Waals surface area contributed by atoms with Gasteiger partial charge in [-0.25, -0.2) is 4.68 Å². The minimum absolute atomic E-state index is 0.154. The van der Waals surface area contributed by atoms with E-state index in [2.05, 4.69) is 28.2 Å². The molecule has 0 saturated heterocycles. The van der Waals surface area contributed by atoms with Gasteiger partial charge in [-0.3, -0.25) is 20.4 Å². The fourth-order valence-corrected chi connectivity index (χ4v) is 3.06. The summed E-state index contributed by atoms with van der Waals surface area (Å²) in [5, 5.41) is 8.45. The number of carbonyl (C=O) groups excluding carboxylic acids is 1. The van der Waals surface area contributed by atoms with Crippen molar-refractivity contribution in [3.05, 3.63) is 70.1 Å². The van der Waals surface area contributed by atoms with E-state index in [0.29, 0.717) is 17.3 Å². The van der Waals surface area contributed by atoms with E-state index in [1.54, 1.807) is 31.2 Å². The van der Waals surface area contributed by atoms with Crippen molar-refractivity contribution in [2.45, 2.75) is 26.8 Å². The summed E-state index contributed by atoms with van der Waals surface area (Å²) in [6.07, 6.45) is 0.854. The highest BCUT2D eigenvalue weighted by molar-refractivity contribution is 7.80. The maximum Gasteiger partial charge on any atom is 0.290 e. The molecule has 0 saturated carbocycles. The highest BCUT2D eigenvalue weighted by Crippen LogP contribution is 2.15. The van der Waals surface area contributed by atoms with Gasteiger partial charge in [-0.05, 0) is 43.3 Å². The standard InChI is InChI=1S/C20H21N5O2S/c1-3-13-9-5-8-12-16(13)21-20(28)23-22-18(26)17-14-10-6-7-11-15(14)19(27)25(4-2)24-17/h5-12H,3-4H2,1-2H3,(H,22,26)(H2,21,23,28). The Kier molecular flexibility index (Phi) is 6.00. The van der Waals surface area contributed by atoms with Crippen LogP contribution in [-0.2, 0) is 13.0 Å². The van der Waals surface area contributed by atoms with Crippen LogP contribution >= 0.6 is 12.2 Å². The fraction of sp³-hybridized carbons (Fsp3) is 0.200. The summed E-state index contributed by atoms with van der Waals surface area (Å²) in [4.78, 5) is 25.1. The summed E-state index contributed by atoms with van der Waals surface area (Å²) in [5.74, 6) is -0.480. The first-order valence-electron chi connectivity index (χ1n) is 9.00. The van der Waals surface area contributed by atoms with E-state index in [0.717, 1.165) is 17.7 Å². The van der Waals surface area contributed by atoms with Gasteiger partial charge in [0.2, 0.25) is 0 Å². The van der Waals surface area contributed by atoms with Crippen molar-refractivity contribution in [3.63, 3.8) is 0 Å². The summed E-state index contributed by atoms with van der Waals surface area (Å²) >= 11 is 5.26. The molecular formula is C20H21N5O2S. The van der Waals surface area contributed by atoms with E-state index in [9.17, 15) is 9.59 Å². The van der Waals surface area contributed by atoms with Crippen molar-refractivity contribution in [1.29, 1.82) is 0 Å². The second kappa shape index (κ2) is 8.62. The van der Waals surface area contributed by atoms with Crippen molar-refractivity contribution in [3.8, 4) is 0 Å². The number of amides is 1. The Morgan fingerprint density at radius 1 is 1.04 bits per heavy atom. The molecule has 0 aliphatic carbocycles. The van der Waals surface area contributed by atoms with Crippen LogP contribution < -0.4 is 21.7 Å². The third-order valence-electron chi connectivity index (χ3n) is 4.32. The predicted molar refractivity (Wildman–Crippen MR) is 114 cm³/mol. The van der Waals surface area contributed by atoms with Crippen molar-refractivity contribution in [1.82, 2.24) is 20.6 Å². The van der Waals surface area contributed by atoms with Gasteiger partial charge in [0.15, 0.2) is 10.8 Å². The van der Waals surface area contributed by atoms with Crippen LogP contribution in [-0.4, -0.2) is 20.8 Å². The Morgan fingerprint density at radius 2 is 1.71 bits per heavy atom. The van der Waals surface area contributed by atoms with Gasteiger partial charge in [0.1, 0.15) is 0 Å². The molecule has 8 heteroatoms. The Hall–Kier alpha value is -3.26. The van der Waals surface area contributed by atoms with Gasteiger partial charge < -0.3 is 5.32 Å². The summed E-state index contributed by atoms with van der Waals surface area (Å²) in [5.41, 5.74) is 7.15. The molecule has 144 valence electrons. The molecule has 0 fully saturated rings. The maximum atomic E-state index is 12.7. The van der Waals surface area contributed by atoms with Gasteiger partial charge in [-0.1, -0.05) is 43.3 Å². The van der Waals surface area contributed by atoms with Crippen LogP contribution in [0.25, 0.3) is 10.8 Å². The van der Waals surface area contributed by atoms with Crippen LogP contribution in [0.5, 0.6) is 0 Å². The number of para-hydroxylation sites is 1. The molecule has 0 aliphatic rings. The number of carbonyl (C=O) groups is 1. The Labute approximate surface area is 167 Å². The van der Waals surface area contributed by atoms with Gasteiger partial charge >= 0.3 is 0 Å². The van der Waals surface area contributed by atoms with Gasteiger partial charge in [0.05, 0.1) is 5.39 Å². The van der Waals surface area contributed by atoms with Crippen molar-refractivity contribution in [2.75, 3.05) is 5.32 Å². The topological polar surface area (TPSA) is 88.0 Å². The minimum atomic E-state index is -0.480. The van der Waals surface area contributed by atoms with Gasteiger partial charge in [0.25, 0.3) is 11.5 Å². The lowest BCUT2D eigenvalue weighted by Gasteiger charge is -2.14. The third kappa shape index (κ3) is 4.01. The number of benzene rings is 2. The monoisotopic (exact) mass is 395 g/mol. The first kappa shape index (κ1) is 19.5. The number of hydrogen-bond acceptors (Lipinski definition) is 4. The van der Waals surface area contributed by atoms with Gasteiger partial charge in [-0.15, -0.1) is 0 Å². The van der Waals surface area contributed by atoms with Crippen molar-refractivity contribution >= 4 is 39.7 Å². The molecule has 0 aliphatic heterocycles. The fourth-order valence-electron chi connectivity index (χ4n) is 2.89. The largest absolute Gasteiger partial charge is 0.331 e. The number of thiocarbonyl (C=S) groups is 1. The number of rotatable bonds is 4. The number of anilines is 1. The molecule has 3 aromatic rings. The highest BCUT2D eigenvalue weighted by atomic mass is 32.1. The van der Waals surface area contributed by atoms with Crippen LogP contribution in [0.15, 0.2) is 53.3 Å². The van der Waals surface area contributed by atoms with Crippen LogP contribution in [0.1, 0.15) is 29.9 Å². The Bertz CT molecular complexity index is 1090. The molecule has 1 amide bonds. The summed E-state index contributed by atoms with van der Waals surface area (Å²) in [7, 11) is 0. The van der Waals surface area contributed by atoms with E-state index < -0.39 is 5.91 Å². The Balaban J connectivity index is 1.77. The van der Waals surface area contributed by atoms with Crippen molar-refractivity contribution in [2.24, 2.45) is 0 Å². The predicted octanol–water partition coefficient (Wildman–Crippen LogP) is 2.61. The molecule has 2 aromatic carbocycles. The van der Waals surface area contributed by atoms with E-state index in [-0.39, 0.29) is 16.4 Å². The number of hydrogen-bond donors (Lipinski definition) is 3. The first-order chi connectivity index (χ1) is 13.5. The zero-order chi connectivity index (χ0) is 20.1. The summed E-state index contributed by atoms with van der Waals surface area (Å²) in [6.45, 7) is 4.22. The number of nitrogens with one attached hydrogen (secondary N) is 3. The SMILES string of the molecule is CCc1ccccc1NC(=S)NNC(=O)c1nn(CC)c(=O)c2ccccc12. The lowest BCUT2D eigenvalue weighted by molar-refractivity contribution is 0.0938. The van der Waals surface area contributed by atoms with Crippen LogP contribution in [0.4, 0.5) is 5.69 Å². The molecule has 0 radical (unpaired) electrons. The Morgan fingerprint density at radius 3 is 2.43 bits per heavy atom. The van der Waals surface area contributed by atoms with Crippen LogP contribution in [0.2, 0.25) is 0 Å². The molecule has 0 spiro atoms. The molecule has 3 rings (SSSR count). The van der Waals surface area contributed by atoms with E-state index in [1.807, 2.05) is 24.3 Å². The zero-order valence-electron chi connectivity index (χ0n) is 15.7. The van der Waals surface area contributed by atoms with Crippen LogP contribution in [0.3, 0.4) is 0 Å². The number of aromatic nitrogens is 2. The molecule has 7 nitrogen and oxygen atoms in total. The third-order valence-corrected chi connectivity index (χ3v) is 4.52. The average Bonchev–Trinajstić information content (AvgIpc) is 2.73. The quantitative estimate of drug-likeness (QED) is 0.465. The molecule has 0 unspecified atom stereocenters. The molecule has 0 atom stereocenters. The lowest BCUT2D eigenvalue weighted by Crippen LogP contribution is -2.44. The number of nitrogens with zero attached hydrogens (tertiary/aromatic N) is 2. The summed E-state index contributed by atoms with van der Waals surface area (Å²) in [6, 6.07) is 14.7. The minimum Gasteiger partial charge on any atom is -0.331 e. The number of aryl methyl sites for hydroxylation is 2. The summed E-state index contributed by atoms with van der Waals surface area (Å²) < 4.78 is 1.27. The average molecular weight is 395 g/mol. The van der Waals surface area contributed by atoms with Crippen molar-refractivity contribution < 1.29 is 4.79 Å². The maximum absolute atomic E-state index is 12.7. The lowest BCUT2D eigenvalue weighted by atomic mass is 10.1. The molecule has 1 aromatic heterocycles. The van der Waals surface area contributed by atoms with Gasteiger partial charge in [0, 0.05) is 17.6 Å². The second-order valence-electron chi connectivity index (χ2n) is 6.06. The number of hydrazine groups is 1. The number of fused-ring (bicyclic) bond motifs is 1. The van der Waals surface area contributed by atoms with Crippen LogP contribution in [0, 0.1) is 0 Å². The zero-order valence-corrected chi connectivity index (χ0v) is 16.5. The molecular weight excluding hydrogens is 374 g/mol. The molecule has 0 bridgehead atoms. The highest BCUT2D eigenvalue weighted by Gasteiger charge is 2.16. The normalized spacial score (nSPS) is 10.5. The van der Waals surface area contributed by atoms with Gasteiger partial charge in [-0.2, -0.15) is 5.10 Å². The molecule has 28 heavy (non-hydrogen) atoms. The first-order valence-corrected chi connectivity index (χ1v) is 9.41. The molecule has 3 N–H and O–H groups in total. The van der Waals surface area contributed by atoms with E-state index >= 15 is 0 Å². The van der Waals surface area contributed by atoms with E-state index in [1.165, 1.54) is 4.68 Å².